The van der Waals surface area contributed by atoms with Crippen LogP contribution in [0.4, 0.5) is 0 Å². The number of aryl methyl sites for hydroxylation is 2. The van der Waals surface area contributed by atoms with Crippen LogP contribution in [0.3, 0.4) is 0 Å². The first-order chi connectivity index (χ1) is 21.1. The van der Waals surface area contributed by atoms with Crippen molar-refractivity contribution in [1.29, 1.82) is 0 Å². The fraction of sp³-hybridized carbons (Fsp3) is 0.487. The van der Waals surface area contributed by atoms with Gasteiger partial charge in [-0.1, -0.05) is 53.4 Å². The topological polar surface area (TPSA) is 15.5 Å². The minimum absolute atomic E-state index is 0.776. The fourth-order valence-electron chi connectivity index (χ4n) is 6.01. The summed E-state index contributed by atoms with van der Waals surface area (Å²) in [5.41, 5.74) is 5.12. The third-order valence-corrected chi connectivity index (χ3v) is 9.09. The summed E-state index contributed by atoms with van der Waals surface area (Å²) in [6.45, 7) is 13.5. The van der Waals surface area contributed by atoms with Gasteiger partial charge in [0.25, 0.3) is 0 Å². The SMILES string of the molecule is CCCCC(CC)C[n+]1ccc(-c2cc[n+](CCC[n+]3ccc(-c4cc[n+](CC(CC)CCCC)cc4)cc3)cc2)cc1. The minimum atomic E-state index is 0.776. The van der Waals surface area contributed by atoms with E-state index in [-0.39, 0.29) is 0 Å². The summed E-state index contributed by atoms with van der Waals surface area (Å²) in [4.78, 5) is 0. The smallest absolute Gasteiger partial charge is 0.169 e. The average molecular weight is 581 g/mol. The largest absolute Gasteiger partial charge is 0.205 e. The molecule has 0 N–H and O–H groups in total. The highest BCUT2D eigenvalue weighted by Gasteiger charge is 2.14. The second kappa shape index (κ2) is 17.7. The molecule has 0 amide bonds. The molecule has 2 atom stereocenters. The van der Waals surface area contributed by atoms with Gasteiger partial charge in [-0.15, -0.1) is 0 Å². The molecule has 0 aliphatic rings. The quantitative estimate of drug-likeness (QED) is 0.107. The van der Waals surface area contributed by atoms with Gasteiger partial charge in [0.2, 0.25) is 0 Å². The predicted molar refractivity (Wildman–Crippen MR) is 176 cm³/mol. The van der Waals surface area contributed by atoms with Crippen LogP contribution in [0.25, 0.3) is 22.3 Å². The first kappa shape index (κ1) is 32.5. The van der Waals surface area contributed by atoms with Crippen LogP contribution in [0.1, 0.15) is 85.5 Å². The Morgan fingerprint density at radius 1 is 0.419 bits per heavy atom. The molecule has 4 heteroatoms. The number of pyridine rings is 4. The van der Waals surface area contributed by atoms with Crippen LogP contribution in [0.5, 0.6) is 0 Å². The maximum absolute atomic E-state index is 2.35. The highest BCUT2D eigenvalue weighted by molar-refractivity contribution is 5.61. The van der Waals surface area contributed by atoms with Crippen molar-refractivity contribution in [2.45, 2.75) is 112 Å². The third-order valence-electron chi connectivity index (χ3n) is 9.09. The van der Waals surface area contributed by atoms with Crippen LogP contribution < -0.4 is 18.3 Å². The lowest BCUT2D eigenvalue weighted by atomic mass is 9.99. The Morgan fingerprint density at radius 2 is 0.721 bits per heavy atom. The highest BCUT2D eigenvalue weighted by atomic mass is 15.0. The maximum atomic E-state index is 2.35. The predicted octanol–water partition coefficient (Wildman–Crippen LogP) is 7.69. The second-order valence-electron chi connectivity index (χ2n) is 12.4. The Hall–Kier alpha value is -3.40. The molecule has 0 aliphatic heterocycles. The molecule has 0 fully saturated rings. The number of nitrogens with zero attached hydrogens (tertiary/aromatic N) is 4. The van der Waals surface area contributed by atoms with Crippen molar-refractivity contribution in [3.63, 3.8) is 0 Å². The van der Waals surface area contributed by atoms with Crippen molar-refractivity contribution in [1.82, 2.24) is 0 Å². The van der Waals surface area contributed by atoms with E-state index in [0.29, 0.717) is 0 Å². The molecule has 2 unspecified atom stereocenters. The molecule has 0 bridgehead atoms. The Balaban J connectivity index is 1.23. The van der Waals surface area contributed by atoms with E-state index in [1.807, 2.05) is 0 Å². The normalized spacial score (nSPS) is 12.7. The minimum Gasteiger partial charge on any atom is -0.205 e. The molecular weight excluding hydrogens is 524 g/mol. The molecule has 0 saturated heterocycles. The zero-order valence-corrected chi connectivity index (χ0v) is 27.4. The van der Waals surface area contributed by atoms with Crippen molar-refractivity contribution >= 4 is 0 Å². The van der Waals surface area contributed by atoms with E-state index >= 15 is 0 Å². The number of hydrogen-bond acceptors (Lipinski definition) is 0. The van der Waals surface area contributed by atoms with Gasteiger partial charge in [-0.25, -0.2) is 18.3 Å². The van der Waals surface area contributed by atoms with Crippen molar-refractivity contribution in [2.24, 2.45) is 11.8 Å². The standard InChI is InChI=1S/C39H56N4/c1-5-9-12-34(7-3)32-42-28-18-38(19-29-42)36-14-24-40(25-15-36)22-11-23-41-26-16-37(17-27-41)39-20-30-43(31-21-39)33-35(8-4)13-10-6-2/h14-21,24-31,34-35H,5-13,22-23,32-33H2,1-4H3/q+4. The van der Waals surface area contributed by atoms with Crippen LogP contribution in [-0.2, 0) is 26.2 Å². The van der Waals surface area contributed by atoms with Gasteiger partial charge in [0.1, 0.15) is 0 Å². The summed E-state index contributed by atoms with van der Waals surface area (Å²) in [5, 5.41) is 0. The second-order valence-corrected chi connectivity index (χ2v) is 12.4. The summed E-state index contributed by atoms with van der Waals surface area (Å²) in [6.07, 6.45) is 29.4. The molecule has 0 spiro atoms. The van der Waals surface area contributed by atoms with Crippen molar-refractivity contribution in [3.8, 4) is 22.3 Å². The van der Waals surface area contributed by atoms with E-state index in [1.165, 1.54) is 73.6 Å². The number of aromatic nitrogens is 4. The summed E-state index contributed by atoms with van der Waals surface area (Å²) < 4.78 is 9.30. The molecule has 0 aromatic carbocycles. The molecule has 0 saturated carbocycles. The molecule has 0 aliphatic carbocycles. The molecule has 4 aromatic rings. The van der Waals surface area contributed by atoms with Gasteiger partial charge in [-0.05, 0) is 47.9 Å². The summed E-state index contributed by atoms with van der Waals surface area (Å²) in [7, 11) is 0. The zero-order valence-electron chi connectivity index (χ0n) is 27.4. The van der Waals surface area contributed by atoms with E-state index in [9.17, 15) is 0 Å². The highest BCUT2D eigenvalue weighted by Crippen LogP contribution is 2.18. The van der Waals surface area contributed by atoms with Crippen molar-refractivity contribution < 1.29 is 18.3 Å². The fourth-order valence-corrected chi connectivity index (χ4v) is 6.01. The summed E-state index contributed by atoms with van der Waals surface area (Å²) in [5.74, 6) is 1.55. The van der Waals surface area contributed by atoms with Crippen LogP contribution in [0.15, 0.2) is 98.1 Å². The van der Waals surface area contributed by atoms with E-state index in [4.69, 9.17) is 0 Å². The van der Waals surface area contributed by atoms with Crippen molar-refractivity contribution in [2.75, 3.05) is 0 Å². The molecule has 4 heterocycles. The van der Waals surface area contributed by atoms with Gasteiger partial charge >= 0.3 is 0 Å². The third kappa shape index (κ3) is 10.4. The molecular formula is C39H56N4+4. The van der Waals surface area contributed by atoms with Gasteiger partial charge < -0.3 is 0 Å². The van der Waals surface area contributed by atoms with Crippen LogP contribution >= 0.6 is 0 Å². The average Bonchev–Trinajstić information content (AvgIpc) is 3.06. The Labute approximate surface area is 261 Å². The lowest BCUT2D eigenvalue weighted by Gasteiger charge is -2.10. The number of unbranched alkanes of at least 4 members (excludes halogenated alkanes) is 2. The monoisotopic (exact) mass is 580 g/mol. The Bertz CT molecular complexity index is 1210. The van der Waals surface area contributed by atoms with Crippen molar-refractivity contribution in [3.05, 3.63) is 98.1 Å². The molecule has 4 nitrogen and oxygen atoms in total. The number of hydrogen-bond donors (Lipinski definition) is 0. The van der Waals surface area contributed by atoms with Gasteiger partial charge in [0.05, 0.1) is 6.42 Å². The first-order valence-corrected chi connectivity index (χ1v) is 17.1. The first-order valence-electron chi connectivity index (χ1n) is 17.1. The van der Waals surface area contributed by atoms with Gasteiger partial charge in [0.15, 0.2) is 75.8 Å². The zero-order chi connectivity index (χ0) is 30.3. The van der Waals surface area contributed by atoms with E-state index in [1.54, 1.807) is 0 Å². The van der Waals surface area contributed by atoms with E-state index in [2.05, 4.69) is 144 Å². The molecule has 4 aromatic heterocycles. The lowest BCUT2D eigenvalue weighted by Crippen LogP contribution is -2.38. The van der Waals surface area contributed by atoms with Crippen LogP contribution in [0.2, 0.25) is 0 Å². The summed E-state index contributed by atoms with van der Waals surface area (Å²) in [6, 6.07) is 18.0. The van der Waals surface area contributed by atoms with Gasteiger partial charge in [-0.2, -0.15) is 0 Å². The summed E-state index contributed by atoms with van der Waals surface area (Å²) >= 11 is 0. The Kier molecular flexibility index (Phi) is 13.3. The van der Waals surface area contributed by atoms with Gasteiger partial charge in [0, 0.05) is 60.4 Å². The van der Waals surface area contributed by atoms with Crippen LogP contribution in [-0.4, -0.2) is 0 Å². The molecule has 0 radical (unpaired) electrons. The Morgan fingerprint density at radius 3 is 1.00 bits per heavy atom. The molecule has 228 valence electrons. The van der Waals surface area contributed by atoms with Crippen LogP contribution in [0, 0.1) is 11.8 Å². The molecule has 4 rings (SSSR count). The molecule has 43 heavy (non-hydrogen) atoms. The lowest BCUT2D eigenvalue weighted by molar-refractivity contribution is -0.726. The number of rotatable bonds is 18. The maximum Gasteiger partial charge on any atom is 0.169 e. The van der Waals surface area contributed by atoms with E-state index < -0.39 is 0 Å². The van der Waals surface area contributed by atoms with E-state index in [0.717, 1.165) is 44.4 Å². The van der Waals surface area contributed by atoms with Gasteiger partial charge in [-0.3, -0.25) is 0 Å².